The van der Waals surface area contributed by atoms with Crippen LogP contribution in [0.4, 0.5) is 4.79 Å². The van der Waals surface area contributed by atoms with Gasteiger partial charge in [-0.15, -0.1) is 0 Å². The first kappa shape index (κ1) is 26.9. The van der Waals surface area contributed by atoms with E-state index in [1.54, 1.807) is 0 Å². The van der Waals surface area contributed by atoms with Crippen LogP contribution in [0.5, 0.6) is 0 Å². The molecule has 166 valence electrons. The second-order valence-corrected chi connectivity index (χ2v) is 14.4. The Bertz CT molecular complexity index is 482. The van der Waals surface area contributed by atoms with Crippen LogP contribution >= 0.6 is 0 Å². The lowest BCUT2D eigenvalue weighted by molar-refractivity contribution is -0.147. The summed E-state index contributed by atoms with van der Waals surface area (Å²) in [6.45, 7) is 16.4. The third-order valence-corrected chi connectivity index (χ3v) is 9.16. The second-order valence-electron chi connectivity index (χ2n) is 9.61. The lowest BCUT2D eigenvalue weighted by Crippen LogP contribution is -2.46. The van der Waals surface area contributed by atoms with E-state index in [0.29, 0.717) is 19.4 Å². The molecule has 0 saturated heterocycles. The van der Waals surface area contributed by atoms with Gasteiger partial charge in [-0.3, -0.25) is 4.79 Å². The number of hydrogen-bond acceptors (Lipinski definition) is 6. The average molecular weight is 420 g/mol. The molecule has 0 aromatic rings. The van der Waals surface area contributed by atoms with E-state index in [-0.39, 0.29) is 24.2 Å². The van der Waals surface area contributed by atoms with Crippen molar-refractivity contribution in [1.82, 2.24) is 5.32 Å². The van der Waals surface area contributed by atoms with Crippen molar-refractivity contribution in [2.24, 2.45) is 0 Å². The summed E-state index contributed by atoms with van der Waals surface area (Å²) in [4.78, 5) is 23.4. The number of aliphatic hydroxyl groups is 1. The molecule has 1 atom stereocenters. The van der Waals surface area contributed by atoms with Crippen LogP contribution in [0.25, 0.3) is 0 Å². The number of hydrogen-bond donors (Lipinski definition) is 2. The van der Waals surface area contributed by atoms with E-state index in [2.05, 4.69) is 39.2 Å². The predicted octanol–water partition coefficient (Wildman–Crippen LogP) is 4.00. The van der Waals surface area contributed by atoms with Crippen molar-refractivity contribution in [1.29, 1.82) is 0 Å². The Hall–Kier alpha value is -1.12. The highest BCUT2D eigenvalue weighted by molar-refractivity contribution is 6.74. The summed E-state index contributed by atoms with van der Waals surface area (Å²) in [5.74, 6) is -0.294. The quantitative estimate of drug-likeness (QED) is 0.299. The van der Waals surface area contributed by atoms with Gasteiger partial charge in [0, 0.05) is 13.0 Å². The van der Waals surface area contributed by atoms with Gasteiger partial charge in [-0.25, -0.2) is 4.79 Å². The largest absolute Gasteiger partial charge is 0.463 e. The molecule has 0 heterocycles. The number of aliphatic hydroxyl groups excluding tert-OH is 1. The minimum atomic E-state index is -2.02. The Morgan fingerprint density at radius 1 is 1.04 bits per heavy atom. The van der Waals surface area contributed by atoms with Crippen LogP contribution in [0.1, 0.15) is 67.2 Å². The maximum Gasteiger partial charge on any atom is 0.407 e. The summed E-state index contributed by atoms with van der Waals surface area (Å²) in [5, 5.41) is 12.2. The summed E-state index contributed by atoms with van der Waals surface area (Å²) in [6, 6.07) is 0. The number of ether oxygens (including phenoxy) is 2. The summed E-state index contributed by atoms with van der Waals surface area (Å²) < 4.78 is 16.5. The van der Waals surface area contributed by atoms with Crippen LogP contribution in [0.15, 0.2) is 0 Å². The molecule has 28 heavy (non-hydrogen) atoms. The lowest BCUT2D eigenvalue weighted by atomic mass is 10.2. The van der Waals surface area contributed by atoms with Crippen LogP contribution in [-0.4, -0.2) is 57.0 Å². The molecular weight excluding hydrogens is 378 g/mol. The molecule has 0 aliphatic carbocycles. The monoisotopic (exact) mass is 419 g/mol. The number of nitrogens with one attached hydrogen (secondary N) is 1. The van der Waals surface area contributed by atoms with Gasteiger partial charge >= 0.3 is 12.1 Å². The lowest BCUT2D eigenvalue weighted by Gasteiger charge is -2.38. The van der Waals surface area contributed by atoms with E-state index in [1.165, 1.54) is 0 Å². The second kappa shape index (κ2) is 11.8. The normalized spacial score (nSPS) is 13.8. The van der Waals surface area contributed by atoms with E-state index < -0.39 is 26.1 Å². The van der Waals surface area contributed by atoms with Crippen LogP contribution in [-0.2, 0) is 18.7 Å². The minimum Gasteiger partial charge on any atom is -0.463 e. The van der Waals surface area contributed by atoms with Gasteiger partial charge in [0.1, 0.15) is 18.3 Å². The molecule has 0 radical (unpaired) electrons. The van der Waals surface area contributed by atoms with Crippen molar-refractivity contribution in [3.63, 3.8) is 0 Å². The fourth-order valence-electron chi connectivity index (χ4n) is 2.05. The average Bonchev–Trinajstić information content (AvgIpc) is 2.51. The fraction of sp³-hybridized carbons (Fsp3) is 0.900. The third-order valence-electron chi connectivity index (χ3n) is 4.63. The standard InChI is InChI=1S/C20H41NO6Si/c1-19(2,3)26-18(24)21-13-11-9-10-12-17(23)25-15-16(14-22)27-28(7,8)20(4,5)6/h16,22H,9-15H2,1-8H3,(H,21,24)/t16-/m0/s1. The van der Waals surface area contributed by atoms with E-state index >= 15 is 0 Å². The first-order valence-electron chi connectivity index (χ1n) is 10.1. The summed E-state index contributed by atoms with van der Waals surface area (Å²) in [7, 11) is -2.02. The van der Waals surface area contributed by atoms with Crippen LogP contribution in [0, 0.1) is 0 Å². The van der Waals surface area contributed by atoms with Crippen molar-refractivity contribution in [2.75, 3.05) is 19.8 Å². The van der Waals surface area contributed by atoms with Gasteiger partial charge < -0.3 is 24.3 Å². The van der Waals surface area contributed by atoms with Gasteiger partial charge in [-0.05, 0) is 51.7 Å². The molecule has 0 aromatic heterocycles. The molecule has 0 unspecified atom stereocenters. The van der Waals surface area contributed by atoms with E-state index in [4.69, 9.17) is 13.9 Å². The molecule has 2 N–H and O–H groups in total. The predicted molar refractivity (Wildman–Crippen MR) is 113 cm³/mol. The van der Waals surface area contributed by atoms with Gasteiger partial charge in [-0.1, -0.05) is 27.2 Å². The van der Waals surface area contributed by atoms with Crippen LogP contribution < -0.4 is 5.32 Å². The highest BCUT2D eigenvalue weighted by Gasteiger charge is 2.39. The van der Waals surface area contributed by atoms with Gasteiger partial charge in [-0.2, -0.15) is 0 Å². The molecule has 0 aliphatic rings. The fourth-order valence-corrected chi connectivity index (χ4v) is 3.38. The Balaban J connectivity index is 3.96. The van der Waals surface area contributed by atoms with Gasteiger partial charge in [0.05, 0.1) is 6.61 Å². The topological polar surface area (TPSA) is 94.1 Å². The van der Waals surface area contributed by atoms with Crippen LogP contribution in [0.2, 0.25) is 18.1 Å². The van der Waals surface area contributed by atoms with Gasteiger partial charge in [0.2, 0.25) is 0 Å². The zero-order valence-corrected chi connectivity index (χ0v) is 20.0. The Labute approximate surface area is 171 Å². The number of carbonyl (C=O) groups is 2. The Morgan fingerprint density at radius 2 is 1.64 bits per heavy atom. The smallest absolute Gasteiger partial charge is 0.407 e. The summed E-state index contributed by atoms with van der Waals surface area (Å²) in [5.41, 5.74) is -0.505. The van der Waals surface area contributed by atoms with Crippen molar-refractivity contribution < 1.29 is 28.6 Å². The molecule has 0 rings (SSSR count). The Kier molecular flexibility index (Phi) is 11.3. The molecule has 0 fully saturated rings. The zero-order chi connectivity index (χ0) is 22.0. The number of carbonyl (C=O) groups excluding carboxylic acids is 2. The molecule has 0 saturated carbocycles. The van der Waals surface area contributed by atoms with Crippen molar-refractivity contribution >= 4 is 20.4 Å². The first-order valence-corrected chi connectivity index (χ1v) is 13.0. The Morgan fingerprint density at radius 3 is 2.14 bits per heavy atom. The molecule has 7 nitrogen and oxygen atoms in total. The number of rotatable bonds is 11. The summed E-state index contributed by atoms with van der Waals surface area (Å²) >= 11 is 0. The molecule has 0 spiro atoms. The van der Waals surface area contributed by atoms with E-state index in [9.17, 15) is 14.7 Å². The number of amides is 1. The third kappa shape index (κ3) is 12.4. The maximum atomic E-state index is 11.9. The van der Waals surface area contributed by atoms with Crippen molar-refractivity contribution in [2.45, 2.75) is 97.1 Å². The number of alkyl carbamates (subject to hydrolysis) is 1. The number of esters is 1. The maximum absolute atomic E-state index is 11.9. The molecule has 0 aliphatic heterocycles. The van der Waals surface area contributed by atoms with Crippen molar-refractivity contribution in [3.05, 3.63) is 0 Å². The van der Waals surface area contributed by atoms with E-state index in [1.807, 2.05) is 20.8 Å². The van der Waals surface area contributed by atoms with Crippen LogP contribution in [0.3, 0.4) is 0 Å². The highest BCUT2D eigenvalue weighted by atomic mass is 28.4. The SMILES string of the molecule is CC(C)(C)OC(=O)NCCCCCC(=O)OC[C@H](CO)O[Si](C)(C)C(C)(C)C. The molecule has 8 heteroatoms. The summed E-state index contributed by atoms with van der Waals surface area (Å²) in [6.07, 6.45) is 1.65. The highest BCUT2D eigenvalue weighted by Crippen LogP contribution is 2.37. The molecular formula is C20H41NO6Si. The minimum absolute atomic E-state index is 0.0256. The molecule has 0 bridgehead atoms. The molecule has 0 aromatic carbocycles. The van der Waals surface area contributed by atoms with Gasteiger partial charge in [0.15, 0.2) is 8.32 Å². The van der Waals surface area contributed by atoms with E-state index in [0.717, 1.165) is 12.8 Å². The number of unbranched alkanes of at least 4 members (excludes halogenated alkanes) is 2. The van der Waals surface area contributed by atoms with Crippen molar-refractivity contribution in [3.8, 4) is 0 Å². The molecule has 1 amide bonds. The first-order chi connectivity index (χ1) is 12.7. The zero-order valence-electron chi connectivity index (χ0n) is 19.0. The van der Waals surface area contributed by atoms with Gasteiger partial charge in [0.25, 0.3) is 0 Å².